The van der Waals surface area contributed by atoms with Crippen molar-refractivity contribution in [1.29, 1.82) is 0 Å². The molecule has 0 aliphatic carbocycles. The minimum atomic E-state index is -0.601. The monoisotopic (exact) mass is 361 g/mol. The van der Waals surface area contributed by atoms with Crippen molar-refractivity contribution < 1.29 is 9.50 Å². The number of benzene rings is 1. The van der Waals surface area contributed by atoms with Gasteiger partial charge in [0, 0.05) is 26.2 Å². The Bertz CT molecular complexity index is 1080. The summed E-state index contributed by atoms with van der Waals surface area (Å²) in [7, 11) is 3.15. The Hall–Kier alpha value is -2.94. The molecular weight excluding hydrogens is 341 g/mol. The van der Waals surface area contributed by atoms with Crippen LogP contribution in [0.5, 0.6) is 0 Å². The van der Waals surface area contributed by atoms with Gasteiger partial charge in [-0.15, -0.1) is 0 Å². The first-order chi connectivity index (χ1) is 12.3. The van der Waals surface area contributed by atoms with E-state index in [1.54, 1.807) is 26.1 Å². The third kappa shape index (κ3) is 3.01. The first-order valence-corrected chi connectivity index (χ1v) is 8.12. The summed E-state index contributed by atoms with van der Waals surface area (Å²) in [6.07, 6.45) is -0.601. The molecule has 0 bridgehead atoms. The predicted molar refractivity (Wildman–Crippen MR) is 95.9 cm³/mol. The third-order valence-electron chi connectivity index (χ3n) is 4.20. The number of halogens is 1. The fraction of sp³-hybridized carbons (Fsp3) is 0.353. The van der Waals surface area contributed by atoms with Crippen LogP contribution in [0.25, 0.3) is 11.2 Å². The number of aromatic nitrogens is 4. The lowest BCUT2D eigenvalue weighted by Crippen LogP contribution is -2.40. The van der Waals surface area contributed by atoms with Crippen molar-refractivity contribution >= 4 is 17.1 Å². The molecule has 2 N–H and O–H groups in total. The van der Waals surface area contributed by atoms with Gasteiger partial charge in [0.05, 0.1) is 12.6 Å². The summed E-state index contributed by atoms with van der Waals surface area (Å²) < 4.78 is 17.7. The molecule has 9 heteroatoms. The van der Waals surface area contributed by atoms with Gasteiger partial charge in [-0.05, 0) is 13.0 Å². The van der Waals surface area contributed by atoms with Crippen molar-refractivity contribution in [2.24, 2.45) is 14.1 Å². The van der Waals surface area contributed by atoms with Gasteiger partial charge in [0.2, 0.25) is 5.95 Å². The average Bonchev–Trinajstić information content (AvgIpc) is 2.93. The Labute approximate surface area is 148 Å². The molecular formula is C17H20FN5O3. The van der Waals surface area contributed by atoms with Crippen LogP contribution < -0.4 is 16.6 Å². The van der Waals surface area contributed by atoms with Gasteiger partial charge in [-0.3, -0.25) is 13.9 Å². The Morgan fingerprint density at radius 3 is 2.58 bits per heavy atom. The number of aryl methyl sites for hydroxylation is 2. The van der Waals surface area contributed by atoms with Gasteiger partial charge in [0.25, 0.3) is 5.56 Å². The van der Waals surface area contributed by atoms with E-state index in [0.29, 0.717) is 5.95 Å². The van der Waals surface area contributed by atoms with Crippen molar-refractivity contribution in [2.45, 2.75) is 19.6 Å². The van der Waals surface area contributed by atoms with Crippen molar-refractivity contribution in [3.8, 4) is 0 Å². The quantitative estimate of drug-likeness (QED) is 0.687. The van der Waals surface area contributed by atoms with Crippen LogP contribution in [-0.2, 0) is 20.6 Å². The summed E-state index contributed by atoms with van der Waals surface area (Å²) in [5.74, 6) is -0.123. The number of fused-ring (bicyclic) bond motifs is 1. The van der Waals surface area contributed by atoms with E-state index < -0.39 is 23.2 Å². The smallest absolute Gasteiger partial charge is 0.332 e. The third-order valence-corrected chi connectivity index (χ3v) is 4.20. The molecule has 3 aromatic rings. The summed E-state index contributed by atoms with van der Waals surface area (Å²) in [4.78, 5) is 29.8. The second kappa shape index (κ2) is 6.75. The van der Waals surface area contributed by atoms with Crippen molar-refractivity contribution in [3.63, 3.8) is 0 Å². The largest absolute Gasteiger partial charge is 0.392 e. The maximum atomic E-state index is 13.9. The fourth-order valence-corrected chi connectivity index (χ4v) is 2.78. The molecule has 2 heterocycles. The van der Waals surface area contributed by atoms with E-state index in [1.165, 1.54) is 28.3 Å². The summed E-state index contributed by atoms with van der Waals surface area (Å²) in [6, 6.07) is 6.01. The lowest BCUT2D eigenvalue weighted by atomic mass is 10.2. The second-order valence-corrected chi connectivity index (χ2v) is 6.22. The number of rotatable bonds is 5. The predicted octanol–water partition coefficient (Wildman–Crippen LogP) is 0.414. The van der Waals surface area contributed by atoms with Crippen LogP contribution in [0.4, 0.5) is 10.3 Å². The number of aliphatic hydroxyl groups is 1. The molecule has 0 unspecified atom stereocenters. The lowest BCUT2D eigenvalue weighted by Gasteiger charge is -2.09. The highest BCUT2D eigenvalue weighted by Gasteiger charge is 2.19. The zero-order valence-electron chi connectivity index (χ0n) is 14.7. The van der Waals surface area contributed by atoms with Crippen LogP contribution in [0.1, 0.15) is 12.5 Å². The minimum absolute atomic E-state index is 0.171. The van der Waals surface area contributed by atoms with Gasteiger partial charge in [0.15, 0.2) is 11.2 Å². The van der Waals surface area contributed by atoms with E-state index in [0.717, 1.165) is 4.57 Å². The number of imidazole rings is 1. The lowest BCUT2D eigenvalue weighted by molar-refractivity contribution is 0.208. The Balaban J connectivity index is 2.17. The van der Waals surface area contributed by atoms with Gasteiger partial charge in [0.1, 0.15) is 5.82 Å². The summed E-state index contributed by atoms with van der Waals surface area (Å²) >= 11 is 0. The highest BCUT2D eigenvalue weighted by molar-refractivity contribution is 5.74. The molecule has 138 valence electrons. The van der Waals surface area contributed by atoms with Crippen molar-refractivity contribution in [2.75, 3.05) is 11.9 Å². The molecule has 1 atom stereocenters. The first-order valence-electron chi connectivity index (χ1n) is 8.12. The van der Waals surface area contributed by atoms with Gasteiger partial charge in [-0.25, -0.2) is 9.18 Å². The minimum Gasteiger partial charge on any atom is -0.392 e. The molecule has 0 saturated heterocycles. The standard InChI is InChI=1S/C17H20FN5O3/c1-10(24)8-19-16-20-14-13(21(16)2)15(25)23(17(26)22(14)3)9-11-6-4-5-7-12(11)18/h4-7,10,24H,8-9H2,1-3H3,(H,19,20)/t10-/m0/s1. The maximum Gasteiger partial charge on any atom is 0.332 e. The molecule has 3 rings (SSSR count). The SMILES string of the molecule is C[C@H](O)CNc1nc2c(c(=O)n(Cc3ccccc3F)c(=O)n2C)n1C. The van der Waals surface area contributed by atoms with Crippen LogP contribution in [0.3, 0.4) is 0 Å². The highest BCUT2D eigenvalue weighted by Crippen LogP contribution is 2.14. The molecule has 1 aromatic carbocycles. The maximum absolute atomic E-state index is 13.9. The molecule has 8 nitrogen and oxygen atoms in total. The van der Waals surface area contributed by atoms with Crippen LogP contribution in [0.2, 0.25) is 0 Å². The molecule has 0 saturated carbocycles. The van der Waals surface area contributed by atoms with Gasteiger partial charge in [-0.2, -0.15) is 4.98 Å². The molecule has 2 aromatic heterocycles. The van der Waals surface area contributed by atoms with Crippen LogP contribution in [-0.4, -0.2) is 36.4 Å². The highest BCUT2D eigenvalue weighted by atomic mass is 19.1. The summed E-state index contributed by atoms with van der Waals surface area (Å²) in [6.45, 7) is 1.69. The number of nitrogens with zero attached hydrogens (tertiary/aromatic N) is 4. The molecule has 0 fully saturated rings. The normalized spacial score (nSPS) is 12.5. The number of nitrogens with one attached hydrogen (secondary N) is 1. The summed E-state index contributed by atoms with van der Waals surface area (Å²) in [5, 5.41) is 12.3. The number of aliphatic hydroxyl groups excluding tert-OH is 1. The van der Waals surface area contributed by atoms with E-state index >= 15 is 0 Å². The van der Waals surface area contributed by atoms with Gasteiger partial charge >= 0.3 is 5.69 Å². The van der Waals surface area contributed by atoms with E-state index in [4.69, 9.17) is 0 Å². The van der Waals surface area contributed by atoms with Crippen molar-refractivity contribution in [3.05, 3.63) is 56.5 Å². The molecule has 0 amide bonds. The van der Waals surface area contributed by atoms with Crippen LogP contribution >= 0.6 is 0 Å². The second-order valence-electron chi connectivity index (χ2n) is 6.22. The van der Waals surface area contributed by atoms with Crippen LogP contribution in [0.15, 0.2) is 33.9 Å². The number of hydrogen-bond acceptors (Lipinski definition) is 5. The number of anilines is 1. The Morgan fingerprint density at radius 1 is 1.23 bits per heavy atom. The Kier molecular flexibility index (Phi) is 4.64. The molecule has 0 radical (unpaired) electrons. The Morgan fingerprint density at radius 2 is 1.92 bits per heavy atom. The molecule has 0 aliphatic heterocycles. The fourth-order valence-electron chi connectivity index (χ4n) is 2.78. The van der Waals surface area contributed by atoms with E-state index in [1.807, 2.05) is 0 Å². The summed E-state index contributed by atoms with van der Waals surface area (Å²) in [5.41, 5.74) is -0.435. The zero-order valence-corrected chi connectivity index (χ0v) is 14.7. The first kappa shape index (κ1) is 17.9. The van der Waals surface area contributed by atoms with Gasteiger partial charge < -0.3 is 15.0 Å². The number of hydrogen-bond donors (Lipinski definition) is 2. The topological polar surface area (TPSA) is 94.1 Å². The van der Waals surface area contributed by atoms with Crippen molar-refractivity contribution in [1.82, 2.24) is 18.7 Å². The molecule has 26 heavy (non-hydrogen) atoms. The molecule has 0 spiro atoms. The van der Waals surface area contributed by atoms with E-state index in [2.05, 4.69) is 10.3 Å². The van der Waals surface area contributed by atoms with E-state index in [9.17, 15) is 19.1 Å². The van der Waals surface area contributed by atoms with Crippen LogP contribution in [0, 0.1) is 5.82 Å². The van der Waals surface area contributed by atoms with Gasteiger partial charge in [-0.1, -0.05) is 18.2 Å². The van der Waals surface area contributed by atoms with E-state index in [-0.39, 0.29) is 29.8 Å². The zero-order chi connectivity index (χ0) is 19.0. The average molecular weight is 361 g/mol. The molecule has 0 aliphatic rings.